The van der Waals surface area contributed by atoms with E-state index in [1.165, 1.54) is 28.0 Å². The van der Waals surface area contributed by atoms with Crippen molar-refractivity contribution in [3.05, 3.63) is 148 Å². The summed E-state index contributed by atoms with van der Waals surface area (Å²) in [6.45, 7) is 0.344. The monoisotopic (exact) mass is 566 g/mol. The highest BCUT2D eigenvalue weighted by Gasteiger charge is 2.33. The van der Waals surface area contributed by atoms with Gasteiger partial charge < -0.3 is 4.74 Å². The molecule has 7 rings (SSSR count). The molecule has 1 aliphatic heterocycles. The molecule has 4 nitrogen and oxygen atoms in total. The van der Waals surface area contributed by atoms with Crippen molar-refractivity contribution in [2.45, 2.75) is 25.5 Å². The Morgan fingerprint density at radius 1 is 0.974 bits per heavy atom. The minimum atomic E-state index is -0.140. The van der Waals surface area contributed by atoms with Gasteiger partial charge in [0.1, 0.15) is 12.4 Å². The van der Waals surface area contributed by atoms with Gasteiger partial charge in [-0.2, -0.15) is 0 Å². The van der Waals surface area contributed by atoms with Crippen LogP contribution in [0.4, 0.5) is 0 Å². The van der Waals surface area contributed by atoms with Crippen LogP contribution in [0.5, 0.6) is 5.75 Å². The number of aromatic nitrogens is 1. The first-order valence-electron chi connectivity index (χ1n) is 12.8. The number of hydrogen-bond acceptors (Lipinski definition) is 5. The summed E-state index contributed by atoms with van der Waals surface area (Å²) in [5, 5.41) is 2.75. The fraction of sp³-hybridized carbons (Fsp3) is 0.125. The quantitative estimate of drug-likeness (QED) is 0.240. The maximum absolute atomic E-state index is 14.0. The number of aryl methyl sites for hydroxylation is 1. The van der Waals surface area contributed by atoms with Crippen molar-refractivity contribution in [2.75, 3.05) is 0 Å². The first-order chi connectivity index (χ1) is 19.2. The van der Waals surface area contributed by atoms with Gasteiger partial charge >= 0.3 is 0 Å². The molecular formula is C32H23ClN2O2S2. The predicted octanol–water partition coefficient (Wildman–Crippen LogP) is 6.61. The third-order valence-corrected chi connectivity index (χ3v) is 9.51. The summed E-state index contributed by atoms with van der Waals surface area (Å²) in [5.41, 5.74) is 6.46. The molecule has 1 unspecified atom stereocenters. The number of rotatable bonds is 5. The van der Waals surface area contributed by atoms with Crippen LogP contribution in [0.25, 0.3) is 11.8 Å². The third kappa shape index (κ3) is 4.39. The summed E-state index contributed by atoms with van der Waals surface area (Å²) in [6, 6.07) is 28.0. The van der Waals surface area contributed by atoms with Crippen molar-refractivity contribution in [3.63, 3.8) is 0 Å². The van der Waals surface area contributed by atoms with Gasteiger partial charge in [-0.25, -0.2) is 4.99 Å². The highest BCUT2D eigenvalue weighted by Crippen LogP contribution is 2.42. The lowest BCUT2D eigenvalue weighted by Gasteiger charge is -2.30. The molecule has 0 saturated carbocycles. The van der Waals surface area contributed by atoms with Crippen LogP contribution in [-0.4, -0.2) is 4.57 Å². The van der Waals surface area contributed by atoms with Crippen LogP contribution < -0.4 is 19.6 Å². The van der Waals surface area contributed by atoms with Crippen molar-refractivity contribution in [2.24, 2.45) is 4.99 Å². The van der Waals surface area contributed by atoms with Crippen LogP contribution in [0, 0.1) is 0 Å². The zero-order chi connectivity index (χ0) is 26.3. The lowest BCUT2D eigenvalue weighted by molar-refractivity contribution is 0.305. The zero-order valence-corrected chi connectivity index (χ0v) is 23.2. The fourth-order valence-corrected chi connectivity index (χ4v) is 7.39. The summed E-state index contributed by atoms with van der Waals surface area (Å²) in [6.07, 6.45) is 3.77. The molecule has 1 atom stereocenters. The Labute approximate surface area is 238 Å². The van der Waals surface area contributed by atoms with E-state index in [-0.39, 0.29) is 11.6 Å². The van der Waals surface area contributed by atoms with Gasteiger partial charge in [0, 0.05) is 26.6 Å². The van der Waals surface area contributed by atoms with Gasteiger partial charge in [-0.05, 0) is 53.6 Å². The predicted molar refractivity (Wildman–Crippen MR) is 159 cm³/mol. The first-order valence-corrected chi connectivity index (χ1v) is 14.9. The molecule has 7 heteroatoms. The lowest BCUT2D eigenvalue weighted by Crippen LogP contribution is -2.38. The van der Waals surface area contributed by atoms with Gasteiger partial charge in [0.15, 0.2) is 4.80 Å². The normalized spacial score (nSPS) is 16.3. The molecule has 192 valence electrons. The maximum atomic E-state index is 14.0. The van der Waals surface area contributed by atoms with E-state index < -0.39 is 0 Å². The number of para-hydroxylation sites is 1. The summed E-state index contributed by atoms with van der Waals surface area (Å²) >= 11 is 9.46. The average molecular weight is 567 g/mol. The topological polar surface area (TPSA) is 43.6 Å². The maximum Gasteiger partial charge on any atom is 0.271 e. The molecular weight excluding hydrogens is 544 g/mol. The summed E-state index contributed by atoms with van der Waals surface area (Å²) in [4.78, 5) is 21.0. The number of nitrogens with zero attached hydrogens (tertiary/aromatic N) is 2. The number of hydrogen-bond donors (Lipinski definition) is 0. The Bertz CT molecular complexity index is 1920. The standard InChI is InChI=1S/C32H23ClN2O2S2/c33-25-12-5-2-10-22(25)19-37-26-13-6-3-9-21(26)18-28-31(36)35-30(27-14-7-17-38-27)24-16-15-20-8-1-4-11-23(20)29(24)34-32(35)39-28/h1-14,17-18,30H,15-16,19H2/b28-18-. The second-order valence-corrected chi connectivity index (χ2v) is 11.9. The van der Waals surface area contributed by atoms with Gasteiger partial charge in [-0.15, -0.1) is 11.3 Å². The van der Waals surface area contributed by atoms with Gasteiger partial charge in [-0.1, -0.05) is 89.7 Å². The number of fused-ring (bicyclic) bond motifs is 3. The van der Waals surface area contributed by atoms with Gasteiger partial charge in [0.05, 0.1) is 16.3 Å². The Kier molecular flexibility index (Phi) is 6.31. The van der Waals surface area contributed by atoms with Crippen LogP contribution in [0.15, 0.2) is 106 Å². The zero-order valence-electron chi connectivity index (χ0n) is 20.8. The number of allylic oxidation sites excluding steroid dienone is 1. The van der Waals surface area contributed by atoms with Crippen molar-refractivity contribution in [3.8, 4) is 5.75 Å². The highest BCUT2D eigenvalue weighted by atomic mass is 35.5. The molecule has 3 heterocycles. The van der Waals surface area contributed by atoms with Crippen LogP contribution in [-0.2, 0) is 13.0 Å². The van der Waals surface area contributed by atoms with Gasteiger partial charge in [0.2, 0.25) is 0 Å². The van der Waals surface area contributed by atoms with E-state index >= 15 is 0 Å². The van der Waals surface area contributed by atoms with E-state index in [1.54, 1.807) is 11.3 Å². The Morgan fingerprint density at radius 2 is 1.79 bits per heavy atom. The number of benzene rings is 3. The van der Waals surface area contributed by atoms with Crippen molar-refractivity contribution in [1.82, 2.24) is 4.57 Å². The van der Waals surface area contributed by atoms with E-state index in [0.29, 0.717) is 21.9 Å². The fourth-order valence-electron chi connectivity index (χ4n) is 5.36. The molecule has 0 radical (unpaired) electrons. The lowest BCUT2D eigenvalue weighted by atomic mass is 9.85. The van der Waals surface area contributed by atoms with Crippen LogP contribution in [0.3, 0.4) is 0 Å². The largest absolute Gasteiger partial charge is 0.488 e. The SMILES string of the molecule is O=c1/c(=C/c2ccccc2OCc2ccccc2Cl)sc2n1C(c1cccs1)C1=C(N=2)c2ccccc2CC1. The van der Waals surface area contributed by atoms with Crippen LogP contribution >= 0.6 is 34.3 Å². The second-order valence-electron chi connectivity index (χ2n) is 9.55. The third-order valence-electron chi connectivity index (χ3n) is 7.23. The van der Waals surface area contributed by atoms with Crippen molar-refractivity contribution < 1.29 is 4.74 Å². The molecule has 0 amide bonds. The smallest absolute Gasteiger partial charge is 0.271 e. The Balaban J connectivity index is 1.35. The number of halogens is 1. The summed E-state index contributed by atoms with van der Waals surface area (Å²) in [7, 11) is 0. The van der Waals surface area contributed by atoms with E-state index in [1.807, 2.05) is 59.2 Å². The minimum absolute atomic E-state index is 0.0246. The summed E-state index contributed by atoms with van der Waals surface area (Å²) < 4.78 is 8.69. The molecule has 39 heavy (non-hydrogen) atoms. The van der Waals surface area contributed by atoms with Crippen LogP contribution in [0.1, 0.15) is 39.6 Å². The second kappa shape index (κ2) is 10.1. The van der Waals surface area contributed by atoms with Crippen molar-refractivity contribution >= 4 is 46.0 Å². The van der Waals surface area contributed by atoms with Gasteiger partial charge in [0.25, 0.3) is 5.56 Å². The molecule has 0 saturated heterocycles. The molecule has 0 fully saturated rings. The molecule has 3 aromatic carbocycles. The number of ether oxygens (including phenoxy) is 1. The first kappa shape index (κ1) is 24.3. The van der Waals surface area contributed by atoms with E-state index in [9.17, 15) is 4.79 Å². The highest BCUT2D eigenvalue weighted by molar-refractivity contribution is 7.10. The van der Waals surface area contributed by atoms with E-state index in [0.717, 1.165) is 39.3 Å². The molecule has 2 aliphatic rings. The van der Waals surface area contributed by atoms with Gasteiger partial charge in [-0.3, -0.25) is 9.36 Å². The van der Waals surface area contributed by atoms with E-state index in [4.69, 9.17) is 21.3 Å². The molecule has 0 spiro atoms. The Morgan fingerprint density at radius 3 is 2.67 bits per heavy atom. The number of thiophene rings is 1. The molecule has 0 N–H and O–H groups in total. The molecule has 5 aromatic rings. The molecule has 0 bridgehead atoms. The molecule has 2 aromatic heterocycles. The van der Waals surface area contributed by atoms with E-state index in [2.05, 4.69) is 41.8 Å². The molecule has 1 aliphatic carbocycles. The van der Waals surface area contributed by atoms with Crippen molar-refractivity contribution in [1.29, 1.82) is 0 Å². The Hall–Kier alpha value is -3.71. The minimum Gasteiger partial charge on any atom is -0.488 e. The van der Waals surface area contributed by atoms with Crippen LogP contribution in [0.2, 0.25) is 5.02 Å². The average Bonchev–Trinajstić information content (AvgIpc) is 3.60. The summed E-state index contributed by atoms with van der Waals surface area (Å²) in [5.74, 6) is 0.700. The number of thiazole rings is 1.